The summed E-state index contributed by atoms with van der Waals surface area (Å²) in [5, 5.41) is 0. The van der Waals surface area contributed by atoms with Gasteiger partial charge in [-0.2, -0.15) is 0 Å². The zero-order valence-corrected chi connectivity index (χ0v) is 9.53. The standard InChI is InChI=1S/C13H17NO2/c1-9-2-5-13(16-8-10-3-4-10)11(6-9)12(15)7-14/h2,5-6,10H,3-4,7-8,14H2,1H3. The third-order valence-corrected chi connectivity index (χ3v) is 2.79. The summed E-state index contributed by atoms with van der Waals surface area (Å²) in [5.41, 5.74) is 7.05. The summed E-state index contributed by atoms with van der Waals surface area (Å²) in [4.78, 5) is 11.6. The molecule has 2 N–H and O–H groups in total. The van der Waals surface area contributed by atoms with Crippen LogP contribution in [0.3, 0.4) is 0 Å². The predicted octanol–water partition coefficient (Wildman–Crippen LogP) is 1.93. The van der Waals surface area contributed by atoms with Crippen molar-refractivity contribution in [3.05, 3.63) is 29.3 Å². The van der Waals surface area contributed by atoms with Crippen LogP contribution in [0.25, 0.3) is 0 Å². The van der Waals surface area contributed by atoms with Crippen LogP contribution < -0.4 is 10.5 Å². The van der Waals surface area contributed by atoms with E-state index in [2.05, 4.69) is 0 Å². The molecule has 1 fully saturated rings. The number of hydrogen-bond donors (Lipinski definition) is 1. The molecule has 0 bridgehead atoms. The van der Waals surface area contributed by atoms with Gasteiger partial charge in [0.05, 0.1) is 18.7 Å². The van der Waals surface area contributed by atoms with Gasteiger partial charge in [-0.3, -0.25) is 4.79 Å². The van der Waals surface area contributed by atoms with Crippen molar-refractivity contribution in [1.82, 2.24) is 0 Å². The van der Waals surface area contributed by atoms with E-state index in [1.807, 2.05) is 25.1 Å². The van der Waals surface area contributed by atoms with Gasteiger partial charge in [-0.15, -0.1) is 0 Å². The van der Waals surface area contributed by atoms with Gasteiger partial charge in [0.2, 0.25) is 0 Å². The van der Waals surface area contributed by atoms with Crippen LogP contribution in [0.2, 0.25) is 0 Å². The molecule has 0 spiro atoms. The smallest absolute Gasteiger partial charge is 0.180 e. The highest BCUT2D eigenvalue weighted by Gasteiger charge is 2.22. The Hall–Kier alpha value is -1.35. The number of Topliss-reactive ketones (excluding diaryl/α,β-unsaturated/α-hetero) is 1. The van der Waals surface area contributed by atoms with Crippen LogP contribution in [0, 0.1) is 12.8 Å². The average molecular weight is 219 g/mol. The van der Waals surface area contributed by atoms with Crippen LogP contribution in [0.15, 0.2) is 18.2 Å². The summed E-state index contributed by atoms with van der Waals surface area (Å²) < 4.78 is 5.66. The number of carbonyl (C=O) groups is 1. The summed E-state index contributed by atoms with van der Waals surface area (Å²) in [6.45, 7) is 2.70. The Morgan fingerprint density at radius 3 is 2.88 bits per heavy atom. The lowest BCUT2D eigenvalue weighted by Crippen LogP contribution is -2.15. The molecule has 0 unspecified atom stereocenters. The fourth-order valence-corrected chi connectivity index (χ4v) is 1.59. The zero-order valence-electron chi connectivity index (χ0n) is 9.53. The molecule has 86 valence electrons. The summed E-state index contributed by atoms with van der Waals surface area (Å²) in [7, 11) is 0. The first-order valence-electron chi connectivity index (χ1n) is 5.67. The fraction of sp³-hybridized carbons (Fsp3) is 0.462. The van der Waals surface area contributed by atoms with Crippen molar-refractivity contribution < 1.29 is 9.53 Å². The largest absolute Gasteiger partial charge is 0.493 e. The maximum atomic E-state index is 11.6. The van der Waals surface area contributed by atoms with Gasteiger partial charge in [-0.1, -0.05) is 11.6 Å². The third-order valence-electron chi connectivity index (χ3n) is 2.79. The van der Waals surface area contributed by atoms with Crippen molar-refractivity contribution in [3.63, 3.8) is 0 Å². The lowest BCUT2D eigenvalue weighted by atomic mass is 10.1. The van der Waals surface area contributed by atoms with E-state index < -0.39 is 0 Å². The highest BCUT2D eigenvalue weighted by Crippen LogP contribution is 2.30. The first kappa shape index (κ1) is 11.1. The Labute approximate surface area is 95.6 Å². The zero-order chi connectivity index (χ0) is 11.5. The Morgan fingerprint density at radius 1 is 1.50 bits per heavy atom. The van der Waals surface area contributed by atoms with Crippen molar-refractivity contribution in [3.8, 4) is 5.75 Å². The maximum absolute atomic E-state index is 11.6. The number of aryl methyl sites for hydroxylation is 1. The van der Waals surface area contributed by atoms with Gasteiger partial charge >= 0.3 is 0 Å². The van der Waals surface area contributed by atoms with E-state index in [0.717, 1.165) is 5.56 Å². The molecular weight excluding hydrogens is 202 g/mol. The molecule has 2 rings (SSSR count). The molecule has 16 heavy (non-hydrogen) atoms. The van der Waals surface area contributed by atoms with Crippen LogP contribution in [-0.2, 0) is 0 Å². The summed E-state index contributed by atoms with van der Waals surface area (Å²) in [6.07, 6.45) is 2.48. The fourth-order valence-electron chi connectivity index (χ4n) is 1.59. The van der Waals surface area contributed by atoms with Crippen LogP contribution in [0.1, 0.15) is 28.8 Å². The van der Waals surface area contributed by atoms with Gasteiger partial charge in [-0.05, 0) is 37.8 Å². The summed E-state index contributed by atoms with van der Waals surface area (Å²) >= 11 is 0. The van der Waals surface area contributed by atoms with Crippen LogP contribution in [0.4, 0.5) is 0 Å². The quantitative estimate of drug-likeness (QED) is 0.770. The topological polar surface area (TPSA) is 52.3 Å². The molecule has 3 heteroatoms. The van der Waals surface area contributed by atoms with Crippen LogP contribution in [-0.4, -0.2) is 18.9 Å². The second kappa shape index (κ2) is 4.66. The molecule has 3 nitrogen and oxygen atoms in total. The SMILES string of the molecule is Cc1ccc(OCC2CC2)c(C(=O)CN)c1. The lowest BCUT2D eigenvalue weighted by Gasteiger charge is -2.10. The number of carbonyl (C=O) groups excluding carboxylic acids is 1. The van der Waals surface area contributed by atoms with E-state index in [-0.39, 0.29) is 12.3 Å². The van der Waals surface area contributed by atoms with E-state index in [9.17, 15) is 4.79 Å². The van der Waals surface area contributed by atoms with Gasteiger partial charge in [0.25, 0.3) is 0 Å². The molecule has 1 aromatic rings. The van der Waals surface area contributed by atoms with Crippen molar-refractivity contribution >= 4 is 5.78 Å². The molecule has 1 aliphatic rings. The second-order valence-corrected chi connectivity index (χ2v) is 4.38. The highest BCUT2D eigenvalue weighted by molar-refractivity contribution is 6.00. The molecule has 1 aliphatic carbocycles. The average Bonchev–Trinajstić information content (AvgIpc) is 3.10. The molecule has 0 amide bonds. The first-order valence-corrected chi connectivity index (χ1v) is 5.67. The van der Waals surface area contributed by atoms with Crippen molar-refractivity contribution in [2.24, 2.45) is 11.7 Å². The molecule has 1 aromatic carbocycles. The minimum absolute atomic E-state index is 0.0310. The Morgan fingerprint density at radius 2 is 2.25 bits per heavy atom. The highest BCUT2D eigenvalue weighted by atomic mass is 16.5. The van der Waals surface area contributed by atoms with E-state index in [1.54, 1.807) is 0 Å². The molecular formula is C13H17NO2. The molecule has 0 radical (unpaired) electrons. The van der Waals surface area contributed by atoms with Crippen LogP contribution >= 0.6 is 0 Å². The molecule has 0 saturated heterocycles. The Kier molecular flexibility index (Phi) is 3.25. The lowest BCUT2D eigenvalue weighted by molar-refractivity contribution is 0.0997. The molecule has 0 atom stereocenters. The van der Waals surface area contributed by atoms with Gasteiger partial charge in [0, 0.05) is 0 Å². The van der Waals surface area contributed by atoms with Crippen LogP contribution in [0.5, 0.6) is 5.75 Å². The normalized spacial score (nSPS) is 14.9. The van der Waals surface area contributed by atoms with Gasteiger partial charge < -0.3 is 10.5 Å². The Balaban J connectivity index is 2.16. The number of hydrogen-bond acceptors (Lipinski definition) is 3. The van der Waals surface area contributed by atoms with E-state index in [0.29, 0.717) is 23.8 Å². The summed E-state index contributed by atoms with van der Waals surface area (Å²) in [5.74, 6) is 1.30. The Bertz CT molecular complexity index is 397. The minimum Gasteiger partial charge on any atom is -0.493 e. The first-order chi connectivity index (χ1) is 7.70. The monoisotopic (exact) mass is 219 g/mol. The minimum atomic E-state index is -0.0607. The predicted molar refractivity (Wildman–Crippen MR) is 62.8 cm³/mol. The molecule has 0 heterocycles. The number of ether oxygens (including phenoxy) is 1. The summed E-state index contributed by atoms with van der Waals surface area (Å²) in [6, 6.07) is 5.66. The van der Waals surface area contributed by atoms with E-state index in [4.69, 9.17) is 10.5 Å². The number of ketones is 1. The number of rotatable bonds is 5. The van der Waals surface area contributed by atoms with Gasteiger partial charge in [0.1, 0.15) is 5.75 Å². The molecule has 0 aliphatic heterocycles. The van der Waals surface area contributed by atoms with Crippen molar-refractivity contribution in [2.75, 3.05) is 13.2 Å². The van der Waals surface area contributed by atoms with Crippen molar-refractivity contribution in [2.45, 2.75) is 19.8 Å². The van der Waals surface area contributed by atoms with E-state index >= 15 is 0 Å². The molecule has 0 aromatic heterocycles. The third kappa shape index (κ3) is 2.61. The van der Waals surface area contributed by atoms with Crippen molar-refractivity contribution in [1.29, 1.82) is 0 Å². The van der Waals surface area contributed by atoms with Gasteiger partial charge in [0.15, 0.2) is 5.78 Å². The number of benzene rings is 1. The maximum Gasteiger partial charge on any atom is 0.180 e. The second-order valence-electron chi connectivity index (χ2n) is 4.38. The molecule has 1 saturated carbocycles. The number of nitrogens with two attached hydrogens (primary N) is 1. The van der Waals surface area contributed by atoms with E-state index in [1.165, 1.54) is 12.8 Å². The van der Waals surface area contributed by atoms with Gasteiger partial charge in [-0.25, -0.2) is 0 Å².